The second-order valence-electron chi connectivity index (χ2n) is 7.45. The molecule has 1 aliphatic carbocycles. The van der Waals surface area contributed by atoms with Crippen LogP contribution < -0.4 is 11.1 Å². The molecule has 0 saturated heterocycles. The summed E-state index contributed by atoms with van der Waals surface area (Å²) in [7, 11) is 0. The van der Waals surface area contributed by atoms with Crippen LogP contribution in [0.5, 0.6) is 0 Å². The van der Waals surface area contributed by atoms with E-state index >= 15 is 0 Å². The summed E-state index contributed by atoms with van der Waals surface area (Å²) in [4.78, 5) is 0. The molecule has 0 aromatic heterocycles. The number of nitrogens with one attached hydrogen (secondary N) is 1. The fourth-order valence-electron chi connectivity index (χ4n) is 3.77. The normalized spacial score (nSPS) is 20.2. The van der Waals surface area contributed by atoms with Crippen molar-refractivity contribution in [3.8, 4) is 0 Å². The van der Waals surface area contributed by atoms with Crippen LogP contribution >= 0.6 is 11.6 Å². The predicted octanol–water partition coefficient (Wildman–Crippen LogP) is 6.05. The molecule has 1 fully saturated rings. The summed E-state index contributed by atoms with van der Waals surface area (Å²) in [5, 5.41) is 3.11. The van der Waals surface area contributed by atoms with Crippen molar-refractivity contribution in [3.05, 3.63) is 82.8 Å². The van der Waals surface area contributed by atoms with Gasteiger partial charge in [0.1, 0.15) is 5.82 Å². The summed E-state index contributed by atoms with van der Waals surface area (Å²) in [6.07, 6.45) is 0. The van der Waals surface area contributed by atoms with E-state index in [1.165, 1.54) is 12.1 Å². The highest BCUT2D eigenvalue weighted by Gasteiger charge is 2.59. The zero-order valence-electron chi connectivity index (χ0n) is 15.0. The van der Waals surface area contributed by atoms with E-state index in [9.17, 15) is 13.2 Å². The third kappa shape index (κ3) is 3.44. The molecule has 2 atom stereocenters. The first-order valence-electron chi connectivity index (χ1n) is 8.38. The molecule has 0 spiro atoms. The molecule has 1 aliphatic rings. The molecule has 0 amide bonds. The monoisotopic (exact) mass is 392 g/mol. The fraction of sp³-hybridized carbons (Fsp3) is 0.238. The summed E-state index contributed by atoms with van der Waals surface area (Å²) in [6.45, 7) is 11.6. The highest BCUT2D eigenvalue weighted by Crippen LogP contribution is 2.67. The van der Waals surface area contributed by atoms with Crippen LogP contribution in [-0.2, 0) is 0 Å². The van der Waals surface area contributed by atoms with Crippen molar-refractivity contribution in [1.82, 2.24) is 0 Å². The van der Waals surface area contributed by atoms with Gasteiger partial charge in [0.25, 0.3) is 0 Å². The highest BCUT2D eigenvalue weighted by molar-refractivity contribution is 6.30. The van der Waals surface area contributed by atoms with Gasteiger partial charge in [-0.05, 0) is 35.1 Å². The van der Waals surface area contributed by atoms with Crippen LogP contribution in [0.2, 0.25) is 5.02 Å². The van der Waals surface area contributed by atoms with Crippen LogP contribution in [0, 0.1) is 28.8 Å². The highest BCUT2D eigenvalue weighted by atomic mass is 35.5. The van der Waals surface area contributed by atoms with Crippen LogP contribution in [0.1, 0.15) is 30.9 Å². The summed E-state index contributed by atoms with van der Waals surface area (Å²) >= 11 is 5.90. The third-order valence-corrected chi connectivity index (χ3v) is 5.47. The molecular formula is C21H20ClF3N2. The molecule has 3 rings (SSSR count). The van der Waals surface area contributed by atoms with Crippen LogP contribution in [0.4, 0.5) is 18.9 Å². The SMILES string of the molecule is C=C(N)c1cc(NC(=C)C2C(c3ccc(F)c(Cl)c3)C2(C)C)cc(F)c1F. The molecule has 2 aromatic rings. The summed E-state index contributed by atoms with van der Waals surface area (Å²) < 4.78 is 41.1. The summed E-state index contributed by atoms with van der Waals surface area (Å²) in [5.74, 6) is -2.44. The Morgan fingerprint density at radius 2 is 1.78 bits per heavy atom. The smallest absolute Gasteiger partial charge is 0.168 e. The molecule has 0 bridgehead atoms. The zero-order valence-corrected chi connectivity index (χ0v) is 15.8. The third-order valence-electron chi connectivity index (χ3n) is 5.18. The topological polar surface area (TPSA) is 38.0 Å². The lowest BCUT2D eigenvalue weighted by Gasteiger charge is -2.13. The van der Waals surface area contributed by atoms with Gasteiger partial charge in [-0.3, -0.25) is 0 Å². The summed E-state index contributed by atoms with van der Waals surface area (Å²) in [6, 6.07) is 7.10. The van der Waals surface area contributed by atoms with Crippen molar-refractivity contribution in [1.29, 1.82) is 0 Å². The predicted molar refractivity (Wildman–Crippen MR) is 104 cm³/mol. The second-order valence-corrected chi connectivity index (χ2v) is 7.85. The average Bonchev–Trinajstić information content (AvgIpc) is 3.15. The van der Waals surface area contributed by atoms with Crippen molar-refractivity contribution in [2.24, 2.45) is 17.1 Å². The Hall–Kier alpha value is -2.40. The lowest BCUT2D eigenvalue weighted by Crippen LogP contribution is -2.07. The summed E-state index contributed by atoms with van der Waals surface area (Å²) in [5.41, 5.74) is 7.10. The Kier molecular flexibility index (Phi) is 4.76. The van der Waals surface area contributed by atoms with Crippen molar-refractivity contribution >= 4 is 23.0 Å². The number of benzene rings is 2. The minimum Gasteiger partial charge on any atom is -0.399 e. The van der Waals surface area contributed by atoms with Gasteiger partial charge >= 0.3 is 0 Å². The van der Waals surface area contributed by atoms with Crippen molar-refractivity contribution in [2.75, 3.05) is 5.32 Å². The minimum atomic E-state index is -1.04. The maximum atomic E-state index is 13.9. The number of hydrogen-bond donors (Lipinski definition) is 2. The minimum absolute atomic E-state index is 0.0108. The number of rotatable bonds is 5. The van der Waals surface area contributed by atoms with Crippen LogP contribution in [0.15, 0.2) is 49.2 Å². The molecule has 0 heterocycles. The van der Waals surface area contributed by atoms with Gasteiger partial charge in [-0.15, -0.1) is 0 Å². The van der Waals surface area contributed by atoms with Gasteiger partial charge < -0.3 is 11.1 Å². The second kappa shape index (κ2) is 6.64. The molecule has 0 radical (unpaired) electrons. The molecule has 27 heavy (non-hydrogen) atoms. The van der Waals surface area contributed by atoms with Gasteiger partial charge in [0, 0.05) is 34.6 Å². The molecule has 1 saturated carbocycles. The molecule has 0 aliphatic heterocycles. The van der Waals surface area contributed by atoms with E-state index in [0.717, 1.165) is 11.6 Å². The standard InChI is InChI=1S/C21H20ClF3N2/c1-10(26)14-8-13(9-17(24)20(14)25)27-11(2)18-19(21(18,3)4)12-5-6-16(23)15(22)7-12/h5-9,18-19,27H,1-2,26H2,3-4H3. The Morgan fingerprint density at radius 1 is 1.11 bits per heavy atom. The number of anilines is 1. The first-order valence-corrected chi connectivity index (χ1v) is 8.76. The molecule has 3 N–H and O–H groups in total. The fourth-order valence-corrected chi connectivity index (χ4v) is 3.96. The van der Waals surface area contributed by atoms with E-state index in [4.69, 9.17) is 17.3 Å². The van der Waals surface area contributed by atoms with Gasteiger partial charge in [-0.1, -0.05) is 44.7 Å². The van der Waals surface area contributed by atoms with E-state index in [-0.39, 0.29) is 33.5 Å². The van der Waals surface area contributed by atoms with E-state index in [2.05, 4.69) is 32.3 Å². The molecule has 142 valence electrons. The maximum absolute atomic E-state index is 13.9. The largest absolute Gasteiger partial charge is 0.399 e. The van der Waals surface area contributed by atoms with Crippen molar-refractivity contribution in [2.45, 2.75) is 19.8 Å². The van der Waals surface area contributed by atoms with Gasteiger partial charge in [0.15, 0.2) is 11.6 Å². The first-order chi connectivity index (χ1) is 12.5. The van der Waals surface area contributed by atoms with E-state index in [0.29, 0.717) is 11.4 Å². The zero-order chi connectivity index (χ0) is 20.1. The number of allylic oxidation sites excluding steroid dienone is 1. The van der Waals surface area contributed by atoms with E-state index in [1.807, 2.05) is 0 Å². The van der Waals surface area contributed by atoms with Gasteiger partial charge in [0.05, 0.1) is 5.02 Å². The quantitative estimate of drug-likeness (QED) is 0.649. The Bertz CT molecular complexity index is 953. The van der Waals surface area contributed by atoms with E-state index < -0.39 is 17.5 Å². The molecule has 2 nitrogen and oxygen atoms in total. The number of hydrogen-bond acceptors (Lipinski definition) is 2. The molecule has 2 unspecified atom stereocenters. The van der Waals surface area contributed by atoms with Crippen LogP contribution in [0.3, 0.4) is 0 Å². The lowest BCUT2D eigenvalue weighted by atomic mass is 10.0. The molecule has 6 heteroatoms. The van der Waals surface area contributed by atoms with Gasteiger partial charge in [-0.2, -0.15) is 0 Å². The van der Waals surface area contributed by atoms with Crippen LogP contribution in [0.25, 0.3) is 5.70 Å². The lowest BCUT2D eigenvalue weighted by molar-refractivity contribution is 0.506. The van der Waals surface area contributed by atoms with E-state index in [1.54, 1.807) is 12.1 Å². The maximum Gasteiger partial charge on any atom is 0.168 e. The molecular weight excluding hydrogens is 373 g/mol. The first kappa shape index (κ1) is 19.4. The van der Waals surface area contributed by atoms with Crippen molar-refractivity contribution in [3.63, 3.8) is 0 Å². The van der Waals surface area contributed by atoms with Crippen molar-refractivity contribution < 1.29 is 13.2 Å². The molecule has 2 aromatic carbocycles. The van der Waals surface area contributed by atoms with Gasteiger partial charge in [-0.25, -0.2) is 13.2 Å². The van der Waals surface area contributed by atoms with Gasteiger partial charge in [0.2, 0.25) is 0 Å². The Balaban J connectivity index is 1.84. The number of halogens is 4. The Morgan fingerprint density at radius 3 is 2.37 bits per heavy atom. The van der Waals surface area contributed by atoms with Crippen LogP contribution in [-0.4, -0.2) is 0 Å². The Labute approximate surface area is 161 Å². The average molecular weight is 393 g/mol. The number of nitrogens with two attached hydrogens (primary N) is 1.